The van der Waals surface area contributed by atoms with E-state index in [-0.39, 0.29) is 6.29 Å². The zero-order chi connectivity index (χ0) is 11.0. The molecule has 0 aromatic heterocycles. The predicted octanol–water partition coefficient (Wildman–Crippen LogP) is 2.17. The number of hydrogen-bond acceptors (Lipinski definition) is 4. The molecular formula is C11H21N2O2P. The van der Waals surface area contributed by atoms with Crippen LogP contribution in [-0.4, -0.2) is 47.9 Å². The molecule has 0 aliphatic carbocycles. The maximum atomic E-state index is 6.14. The molecule has 3 rings (SSSR count). The number of rotatable bonds is 4. The second-order valence-electron chi connectivity index (χ2n) is 4.89. The van der Waals surface area contributed by atoms with E-state index in [1.807, 2.05) is 0 Å². The minimum absolute atomic E-state index is 0.0762. The van der Waals surface area contributed by atoms with Crippen molar-refractivity contribution in [3.8, 4) is 0 Å². The molecule has 3 saturated heterocycles. The van der Waals surface area contributed by atoms with Crippen molar-refractivity contribution in [1.82, 2.24) is 9.34 Å². The summed E-state index contributed by atoms with van der Waals surface area (Å²) in [6.07, 6.45) is 5.71. The minimum atomic E-state index is -0.525. The lowest BCUT2D eigenvalue weighted by molar-refractivity contribution is 0.168. The standard InChI is InChI=1S/C11H21N2O2P/c1-10-11(14-10)15-16(12-6-2-3-7-12)13-8-4-5-9-13/h10-11H,2-9H2,1H3/t10-,11+/m1/s1. The van der Waals surface area contributed by atoms with E-state index in [1.165, 1.54) is 51.9 Å². The molecule has 0 radical (unpaired) electrons. The third kappa shape index (κ3) is 2.41. The first kappa shape index (κ1) is 11.4. The van der Waals surface area contributed by atoms with Crippen molar-refractivity contribution >= 4 is 8.45 Å². The van der Waals surface area contributed by atoms with Crippen molar-refractivity contribution in [3.63, 3.8) is 0 Å². The molecule has 0 aromatic carbocycles. The number of hydrogen-bond donors (Lipinski definition) is 0. The van der Waals surface area contributed by atoms with E-state index in [4.69, 9.17) is 9.26 Å². The predicted molar refractivity (Wildman–Crippen MR) is 64.0 cm³/mol. The van der Waals surface area contributed by atoms with Crippen LogP contribution >= 0.6 is 8.45 Å². The highest BCUT2D eigenvalue weighted by molar-refractivity contribution is 7.47. The topological polar surface area (TPSA) is 28.2 Å². The van der Waals surface area contributed by atoms with Crippen molar-refractivity contribution < 1.29 is 9.26 Å². The maximum absolute atomic E-state index is 6.14. The van der Waals surface area contributed by atoms with Crippen LogP contribution in [0.15, 0.2) is 0 Å². The zero-order valence-corrected chi connectivity index (χ0v) is 10.9. The lowest BCUT2D eigenvalue weighted by Gasteiger charge is -2.32. The summed E-state index contributed by atoms with van der Waals surface area (Å²) in [7, 11) is -0.525. The van der Waals surface area contributed by atoms with E-state index in [2.05, 4.69) is 16.3 Å². The summed E-state index contributed by atoms with van der Waals surface area (Å²) in [5, 5.41) is 0. The molecule has 92 valence electrons. The maximum Gasteiger partial charge on any atom is 0.190 e. The SMILES string of the molecule is C[C@H]1O[C@H]1OP(N1CCCC1)N1CCCC1. The van der Waals surface area contributed by atoms with Crippen LogP contribution in [0.2, 0.25) is 0 Å². The third-order valence-electron chi connectivity index (χ3n) is 3.50. The average Bonchev–Trinajstić information content (AvgIpc) is 2.85. The summed E-state index contributed by atoms with van der Waals surface area (Å²) in [5.41, 5.74) is 0. The molecule has 5 heteroatoms. The van der Waals surface area contributed by atoms with Gasteiger partial charge < -0.3 is 4.74 Å². The lowest BCUT2D eigenvalue weighted by Crippen LogP contribution is -2.27. The van der Waals surface area contributed by atoms with Gasteiger partial charge in [-0.2, -0.15) is 0 Å². The quantitative estimate of drug-likeness (QED) is 0.559. The van der Waals surface area contributed by atoms with Gasteiger partial charge in [0.1, 0.15) is 6.10 Å². The molecule has 3 fully saturated rings. The Kier molecular flexibility index (Phi) is 3.46. The van der Waals surface area contributed by atoms with Crippen LogP contribution in [-0.2, 0) is 9.26 Å². The lowest BCUT2D eigenvalue weighted by atomic mass is 10.4. The van der Waals surface area contributed by atoms with Gasteiger partial charge in [0.25, 0.3) is 0 Å². The fraction of sp³-hybridized carbons (Fsp3) is 1.00. The van der Waals surface area contributed by atoms with E-state index >= 15 is 0 Å². The van der Waals surface area contributed by atoms with Gasteiger partial charge in [-0.15, -0.1) is 0 Å². The Hall–Kier alpha value is 0.270. The molecule has 0 spiro atoms. The van der Waals surface area contributed by atoms with Gasteiger partial charge in [-0.05, 0) is 32.6 Å². The van der Waals surface area contributed by atoms with Gasteiger partial charge in [0.2, 0.25) is 0 Å². The van der Waals surface area contributed by atoms with Crippen LogP contribution in [0, 0.1) is 0 Å². The van der Waals surface area contributed by atoms with Gasteiger partial charge in [-0.1, -0.05) is 0 Å². The molecule has 3 aliphatic rings. The normalized spacial score (nSPS) is 36.4. The van der Waals surface area contributed by atoms with Gasteiger partial charge in [-0.3, -0.25) is 4.52 Å². The first-order chi connectivity index (χ1) is 7.84. The second-order valence-corrected chi connectivity index (χ2v) is 6.74. The monoisotopic (exact) mass is 244 g/mol. The molecule has 3 aliphatic heterocycles. The number of ether oxygens (including phenoxy) is 1. The van der Waals surface area contributed by atoms with Crippen LogP contribution in [0.1, 0.15) is 32.6 Å². The molecule has 0 N–H and O–H groups in total. The number of epoxide rings is 1. The van der Waals surface area contributed by atoms with Crippen molar-refractivity contribution in [1.29, 1.82) is 0 Å². The summed E-state index contributed by atoms with van der Waals surface area (Å²) in [6, 6.07) is 0. The summed E-state index contributed by atoms with van der Waals surface area (Å²) in [4.78, 5) is 0. The smallest absolute Gasteiger partial charge is 0.190 e. The highest BCUT2D eigenvalue weighted by atomic mass is 31.2. The van der Waals surface area contributed by atoms with Gasteiger partial charge in [0.15, 0.2) is 14.7 Å². The van der Waals surface area contributed by atoms with Crippen LogP contribution in [0.3, 0.4) is 0 Å². The summed E-state index contributed by atoms with van der Waals surface area (Å²) in [5.74, 6) is 0. The Balaban J connectivity index is 1.61. The second kappa shape index (κ2) is 4.87. The average molecular weight is 244 g/mol. The Bertz CT molecular complexity index is 226. The van der Waals surface area contributed by atoms with Crippen LogP contribution in [0.5, 0.6) is 0 Å². The Morgan fingerprint density at radius 1 is 1.00 bits per heavy atom. The fourth-order valence-corrected chi connectivity index (χ4v) is 4.71. The minimum Gasteiger partial charge on any atom is -0.341 e. The highest BCUT2D eigenvalue weighted by Crippen LogP contribution is 2.52. The van der Waals surface area contributed by atoms with Gasteiger partial charge in [0.05, 0.1) is 0 Å². The molecule has 0 bridgehead atoms. The van der Waals surface area contributed by atoms with E-state index < -0.39 is 8.45 Å². The molecular weight excluding hydrogens is 223 g/mol. The Labute approximate surface area is 98.8 Å². The molecule has 2 atom stereocenters. The van der Waals surface area contributed by atoms with E-state index in [9.17, 15) is 0 Å². The van der Waals surface area contributed by atoms with E-state index in [0.717, 1.165) is 0 Å². The molecule has 0 amide bonds. The van der Waals surface area contributed by atoms with Gasteiger partial charge in [0, 0.05) is 26.2 Å². The summed E-state index contributed by atoms with van der Waals surface area (Å²) < 4.78 is 16.6. The van der Waals surface area contributed by atoms with E-state index in [0.29, 0.717) is 6.10 Å². The van der Waals surface area contributed by atoms with Gasteiger partial charge in [-0.25, -0.2) is 9.34 Å². The highest BCUT2D eigenvalue weighted by Gasteiger charge is 2.42. The van der Waals surface area contributed by atoms with E-state index in [1.54, 1.807) is 0 Å². The Morgan fingerprint density at radius 2 is 1.44 bits per heavy atom. The zero-order valence-electron chi connectivity index (χ0n) is 9.97. The molecule has 3 heterocycles. The van der Waals surface area contributed by atoms with Crippen molar-refractivity contribution in [2.24, 2.45) is 0 Å². The Morgan fingerprint density at radius 3 is 1.81 bits per heavy atom. The summed E-state index contributed by atoms with van der Waals surface area (Å²) in [6.45, 7) is 6.94. The first-order valence-electron chi connectivity index (χ1n) is 6.47. The fourth-order valence-electron chi connectivity index (χ4n) is 2.42. The van der Waals surface area contributed by atoms with Crippen molar-refractivity contribution in [2.45, 2.75) is 45.0 Å². The molecule has 4 nitrogen and oxygen atoms in total. The van der Waals surface area contributed by atoms with Crippen molar-refractivity contribution in [3.05, 3.63) is 0 Å². The largest absolute Gasteiger partial charge is 0.341 e. The summed E-state index contributed by atoms with van der Waals surface area (Å²) >= 11 is 0. The van der Waals surface area contributed by atoms with Gasteiger partial charge >= 0.3 is 0 Å². The van der Waals surface area contributed by atoms with Crippen LogP contribution in [0.4, 0.5) is 0 Å². The van der Waals surface area contributed by atoms with Crippen molar-refractivity contribution in [2.75, 3.05) is 26.2 Å². The van der Waals surface area contributed by atoms with Crippen LogP contribution in [0.25, 0.3) is 0 Å². The molecule has 0 unspecified atom stereocenters. The molecule has 16 heavy (non-hydrogen) atoms. The third-order valence-corrected chi connectivity index (χ3v) is 5.67. The number of nitrogens with zero attached hydrogens (tertiary/aromatic N) is 2. The molecule has 0 aromatic rings. The van der Waals surface area contributed by atoms with Crippen LogP contribution < -0.4 is 0 Å². The first-order valence-corrected chi connectivity index (χ1v) is 7.63. The molecule has 0 saturated carbocycles.